The fourth-order valence-electron chi connectivity index (χ4n) is 1.94. The summed E-state index contributed by atoms with van der Waals surface area (Å²) < 4.78 is 22.8. The number of carbonyl (C=O) groups excluding carboxylic acids is 1. The molecule has 2 fully saturated rings. The molecule has 2 aliphatic heterocycles. The normalized spacial score (nSPS) is 35.0. The molecule has 5 heteroatoms. The Balaban J connectivity index is 2.27. The van der Waals surface area contributed by atoms with Crippen molar-refractivity contribution in [2.75, 3.05) is 12.3 Å². The molecule has 0 bridgehead atoms. The second-order valence-corrected chi connectivity index (χ2v) is 5.52. The van der Waals surface area contributed by atoms with Crippen molar-refractivity contribution in [1.82, 2.24) is 4.90 Å². The van der Waals surface area contributed by atoms with Crippen LogP contribution in [0.25, 0.3) is 0 Å². The van der Waals surface area contributed by atoms with Gasteiger partial charge >= 0.3 is 0 Å². The largest absolute Gasteiger partial charge is 0.323 e. The number of fused-ring (bicyclic) bond motifs is 1. The van der Waals surface area contributed by atoms with Crippen LogP contribution in [0, 0.1) is 18.3 Å². The lowest BCUT2D eigenvalue weighted by atomic mass is 9.95. The molecule has 0 aromatic rings. The Labute approximate surface area is 76.8 Å². The Morgan fingerprint density at radius 1 is 1.62 bits per heavy atom. The van der Waals surface area contributed by atoms with Crippen LogP contribution < -0.4 is 0 Å². The molecule has 0 aliphatic carbocycles. The molecule has 2 aliphatic rings. The van der Waals surface area contributed by atoms with Crippen LogP contribution in [0.3, 0.4) is 0 Å². The number of hydrogen-bond donors (Lipinski definition) is 0. The van der Waals surface area contributed by atoms with E-state index in [4.69, 9.17) is 6.42 Å². The fourth-order valence-corrected chi connectivity index (χ4v) is 3.94. The van der Waals surface area contributed by atoms with Crippen LogP contribution in [0.4, 0.5) is 0 Å². The molecule has 13 heavy (non-hydrogen) atoms. The molecular formula is C8H9NO3S. The van der Waals surface area contributed by atoms with Gasteiger partial charge in [-0.2, -0.15) is 0 Å². The lowest BCUT2D eigenvalue weighted by molar-refractivity contribution is -0.148. The van der Waals surface area contributed by atoms with Crippen LogP contribution in [-0.4, -0.2) is 36.9 Å². The lowest BCUT2D eigenvalue weighted by Crippen LogP contribution is -2.59. The first-order valence-corrected chi connectivity index (χ1v) is 5.75. The molecule has 0 saturated carbocycles. The van der Waals surface area contributed by atoms with Crippen LogP contribution in [0.5, 0.6) is 0 Å². The summed E-state index contributed by atoms with van der Waals surface area (Å²) in [4.78, 5) is 12.7. The molecule has 1 amide bonds. The molecule has 0 aromatic carbocycles. The van der Waals surface area contributed by atoms with E-state index in [2.05, 4.69) is 5.92 Å². The number of sulfone groups is 1. The highest BCUT2D eigenvalue weighted by molar-refractivity contribution is 7.92. The number of β-lactam (4-membered cyclic amide) rings is 1. The van der Waals surface area contributed by atoms with Crippen molar-refractivity contribution in [1.29, 1.82) is 0 Å². The van der Waals surface area contributed by atoms with E-state index < -0.39 is 21.1 Å². The van der Waals surface area contributed by atoms with Crippen molar-refractivity contribution in [3.05, 3.63) is 0 Å². The highest BCUT2D eigenvalue weighted by Gasteiger charge is 2.57. The van der Waals surface area contributed by atoms with E-state index in [0.29, 0.717) is 6.54 Å². The summed E-state index contributed by atoms with van der Waals surface area (Å²) in [5.41, 5.74) is 0. The van der Waals surface area contributed by atoms with Gasteiger partial charge in [0.1, 0.15) is 5.37 Å². The zero-order chi connectivity index (χ0) is 9.64. The van der Waals surface area contributed by atoms with Crippen molar-refractivity contribution >= 4 is 15.7 Å². The van der Waals surface area contributed by atoms with Gasteiger partial charge in [-0.15, -0.1) is 12.3 Å². The third kappa shape index (κ3) is 0.985. The zero-order valence-corrected chi connectivity index (χ0v) is 7.75. The van der Waals surface area contributed by atoms with Gasteiger partial charge in [0.25, 0.3) is 0 Å². The van der Waals surface area contributed by atoms with Gasteiger partial charge in [0.15, 0.2) is 9.84 Å². The van der Waals surface area contributed by atoms with Gasteiger partial charge in [-0.1, -0.05) is 0 Å². The summed E-state index contributed by atoms with van der Waals surface area (Å²) in [6.07, 6.45) is 5.29. The average Bonchev–Trinajstić information content (AvgIpc) is 2.34. The van der Waals surface area contributed by atoms with E-state index in [1.54, 1.807) is 0 Å². The molecule has 1 unspecified atom stereocenters. The molecule has 0 N–H and O–H groups in total. The van der Waals surface area contributed by atoms with Crippen molar-refractivity contribution in [3.8, 4) is 12.3 Å². The van der Waals surface area contributed by atoms with Crippen molar-refractivity contribution in [2.24, 2.45) is 5.92 Å². The lowest BCUT2D eigenvalue weighted by Gasteiger charge is -2.40. The first-order chi connectivity index (χ1) is 6.08. The molecule has 2 atom stereocenters. The van der Waals surface area contributed by atoms with E-state index in [1.807, 2.05) is 0 Å². The maximum Gasteiger partial charge on any atom is 0.230 e. The molecular weight excluding hydrogens is 190 g/mol. The average molecular weight is 199 g/mol. The Bertz CT molecular complexity index is 392. The number of terminal acetylenes is 1. The van der Waals surface area contributed by atoms with Crippen molar-refractivity contribution in [2.45, 2.75) is 11.8 Å². The van der Waals surface area contributed by atoms with Gasteiger partial charge in [-0.25, -0.2) is 8.42 Å². The van der Waals surface area contributed by atoms with Gasteiger partial charge < -0.3 is 4.90 Å². The molecule has 70 valence electrons. The molecule has 0 spiro atoms. The smallest absolute Gasteiger partial charge is 0.230 e. The van der Waals surface area contributed by atoms with Gasteiger partial charge in [0.2, 0.25) is 5.91 Å². The Hall–Kier alpha value is -1.02. The number of nitrogens with zero attached hydrogens (tertiary/aromatic N) is 1. The molecule has 2 rings (SSSR count). The minimum Gasteiger partial charge on any atom is -0.323 e. The van der Waals surface area contributed by atoms with Crippen molar-refractivity contribution < 1.29 is 13.2 Å². The summed E-state index contributed by atoms with van der Waals surface area (Å²) in [6.45, 7) is 0.340. The van der Waals surface area contributed by atoms with Crippen LogP contribution >= 0.6 is 0 Å². The third-order valence-corrected chi connectivity index (χ3v) is 4.64. The highest BCUT2D eigenvalue weighted by atomic mass is 32.2. The summed E-state index contributed by atoms with van der Waals surface area (Å²) in [5, 5.41) is -0.615. The van der Waals surface area contributed by atoms with Gasteiger partial charge in [0.05, 0.1) is 11.7 Å². The first-order valence-electron chi connectivity index (χ1n) is 4.03. The summed E-state index contributed by atoms with van der Waals surface area (Å²) >= 11 is 0. The minimum atomic E-state index is -3.08. The van der Waals surface area contributed by atoms with E-state index in [-0.39, 0.29) is 18.1 Å². The summed E-state index contributed by atoms with van der Waals surface area (Å²) in [5.74, 6) is 1.84. The topological polar surface area (TPSA) is 54.5 Å². The van der Waals surface area contributed by atoms with E-state index in [1.165, 1.54) is 4.90 Å². The fraction of sp³-hybridized carbons (Fsp3) is 0.625. The molecule has 4 nitrogen and oxygen atoms in total. The first kappa shape index (κ1) is 8.57. The second-order valence-electron chi connectivity index (χ2n) is 3.30. The predicted octanol–water partition coefficient (Wildman–Crippen LogP) is -0.777. The number of amides is 1. The quantitative estimate of drug-likeness (QED) is 0.411. The molecule has 0 radical (unpaired) electrons. The van der Waals surface area contributed by atoms with E-state index in [0.717, 1.165) is 0 Å². The maximum atomic E-state index is 11.4. The Morgan fingerprint density at radius 2 is 2.31 bits per heavy atom. The van der Waals surface area contributed by atoms with E-state index in [9.17, 15) is 13.2 Å². The molecule has 2 saturated heterocycles. The number of hydrogen-bond acceptors (Lipinski definition) is 3. The zero-order valence-electron chi connectivity index (χ0n) is 6.93. The summed E-state index contributed by atoms with van der Waals surface area (Å²) in [6, 6.07) is 0. The summed E-state index contributed by atoms with van der Waals surface area (Å²) in [7, 11) is -3.08. The van der Waals surface area contributed by atoms with Crippen LogP contribution in [0.2, 0.25) is 0 Å². The van der Waals surface area contributed by atoms with Crippen molar-refractivity contribution in [3.63, 3.8) is 0 Å². The highest BCUT2D eigenvalue weighted by Crippen LogP contribution is 2.37. The molecule has 2 heterocycles. The van der Waals surface area contributed by atoms with Crippen LogP contribution in [0.15, 0.2) is 0 Å². The standard InChI is InChI=1S/C8H9NO3S/c1-2-3-6-7(10)9-4-5-13(11,12)8(6)9/h1,6,8H,3-5H2/t6?,8-/m0/s1. The minimum absolute atomic E-state index is 0.0878. The van der Waals surface area contributed by atoms with Crippen LogP contribution in [-0.2, 0) is 14.6 Å². The second kappa shape index (κ2) is 2.48. The van der Waals surface area contributed by atoms with Gasteiger partial charge in [-0.3, -0.25) is 4.79 Å². The Kier molecular flexibility index (Phi) is 1.64. The SMILES string of the molecule is C#CCC1C(=O)N2CCS(=O)(=O)[C@@H]12. The monoisotopic (exact) mass is 199 g/mol. The number of carbonyl (C=O) groups is 1. The van der Waals surface area contributed by atoms with Gasteiger partial charge in [-0.05, 0) is 0 Å². The molecule has 0 aromatic heterocycles. The Morgan fingerprint density at radius 3 is 2.92 bits per heavy atom. The van der Waals surface area contributed by atoms with Gasteiger partial charge in [0, 0.05) is 13.0 Å². The van der Waals surface area contributed by atoms with E-state index >= 15 is 0 Å². The maximum absolute atomic E-state index is 11.4. The third-order valence-electron chi connectivity index (χ3n) is 2.57. The van der Waals surface area contributed by atoms with Crippen LogP contribution in [0.1, 0.15) is 6.42 Å². The number of rotatable bonds is 1. The predicted molar refractivity (Wildman–Crippen MR) is 46.2 cm³/mol.